The molecule has 0 unspecified atom stereocenters. The van der Waals surface area contributed by atoms with Crippen LogP contribution in [-0.4, -0.2) is 10.5 Å². The molecule has 0 aliphatic carbocycles. The van der Waals surface area contributed by atoms with Crippen molar-refractivity contribution in [2.75, 3.05) is 5.32 Å². The molecule has 0 radical (unpaired) electrons. The monoisotopic (exact) mass is 418 g/mol. The van der Waals surface area contributed by atoms with E-state index in [1.807, 2.05) is 6.92 Å². The molecule has 0 bridgehead atoms. The molecule has 1 amide bonds. The summed E-state index contributed by atoms with van der Waals surface area (Å²) in [5, 5.41) is 2.79. The molecular weight excluding hydrogens is 408 g/mol. The minimum Gasteiger partial charge on any atom is -0.320 e. The van der Waals surface area contributed by atoms with Crippen molar-refractivity contribution in [2.45, 2.75) is 19.9 Å². The van der Waals surface area contributed by atoms with Crippen molar-refractivity contribution < 1.29 is 4.79 Å². The second kappa shape index (κ2) is 6.69. The van der Waals surface area contributed by atoms with Crippen molar-refractivity contribution in [3.63, 3.8) is 0 Å². The number of nitrogens with zero attached hydrogens (tertiary/aromatic N) is 1. The third-order valence-electron chi connectivity index (χ3n) is 2.57. The average molecular weight is 420 g/mol. The van der Waals surface area contributed by atoms with Gasteiger partial charge in [0.25, 0.3) is 11.5 Å². The number of carbonyl (C=O) groups excluding carboxylic acids is 1. The summed E-state index contributed by atoms with van der Waals surface area (Å²) in [4.78, 5) is 24.3. The fourth-order valence-corrected chi connectivity index (χ4v) is 3.60. The lowest BCUT2D eigenvalue weighted by molar-refractivity contribution is 0.103. The van der Waals surface area contributed by atoms with Crippen LogP contribution in [0.2, 0.25) is 0 Å². The third-order valence-corrected chi connectivity index (χ3v) is 5.83. The van der Waals surface area contributed by atoms with Gasteiger partial charge in [0.2, 0.25) is 0 Å². The van der Waals surface area contributed by atoms with Gasteiger partial charge in [0.15, 0.2) is 0 Å². The molecule has 1 N–H and O–H groups in total. The van der Waals surface area contributed by atoms with E-state index in [1.54, 1.807) is 22.9 Å². The highest BCUT2D eigenvalue weighted by atomic mass is 79.9. The van der Waals surface area contributed by atoms with Crippen LogP contribution in [0.15, 0.2) is 37.4 Å². The van der Waals surface area contributed by atoms with E-state index in [2.05, 4.69) is 37.2 Å². The van der Waals surface area contributed by atoms with Crippen LogP contribution in [0.4, 0.5) is 5.69 Å². The Hall–Kier alpha value is -0.920. The van der Waals surface area contributed by atoms with Gasteiger partial charge in [0.05, 0.1) is 14.4 Å². The number of amides is 1. The first-order chi connectivity index (χ1) is 9.51. The number of pyridine rings is 1. The Labute approximate surface area is 137 Å². The number of nitrogens with one attached hydrogen (secondary N) is 1. The predicted octanol–water partition coefficient (Wildman–Crippen LogP) is 4.10. The summed E-state index contributed by atoms with van der Waals surface area (Å²) < 4.78 is 3.32. The maximum Gasteiger partial charge on any atom is 0.265 e. The van der Waals surface area contributed by atoms with Gasteiger partial charge in [-0.25, -0.2) is 0 Å². The van der Waals surface area contributed by atoms with Crippen molar-refractivity contribution in [3.8, 4) is 0 Å². The Morgan fingerprint density at radius 3 is 2.75 bits per heavy atom. The number of carbonyl (C=O) groups is 1. The van der Waals surface area contributed by atoms with Crippen LogP contribution in [0.1, 0.15) is 23.0 Å². The van der Waals surface area contributed by atoms with Crippen molar-refractivity contribution in [1.29, 1.82) is 0 Å². The van der Waals surface area contributed by atoms with Crippen LogP contribution in [0.3, 0.4) is 0 Å². The van der Waals surface area contributed by atoms with Crippen LogP contribution in [0.25, 0.3) is 0 Å². The summed E-state index contributed by atoms with van der Waals surface area (Å²) in [6.45, 7) is 2.64. The average Bonchev–Trinajstić information content (AvgIpc) is 2.74. The van der Waals surface area contributed by atoms with Crippen LogP contribution in [0.5, 0.6) is 0 Å². The first-order valence-corrected chi connectivity index (χ1v) is 8.38. The normalized spacial score (nSPS) is 10.6. The second-order valence-electron chi connectivity index (χ2n) is 4.14. The Morgan fingerprint density at radius 2 is 2.15 bits per heavy atom. The van der Waals surface area contributed by atoms with E-state index in [-0.39, 0.29) is 11.5 Å². The van der Waals surface area contributed by atoms with Gasteiger partial charge < -0.3 is 9.88 Å². The van der Waals surface area contributed by atoms with Gasteiger partial charge in [-0.2, -0.15) is 0 Å². The standard InChI is InChI=1S/C13H12Br2N2O2S/c1-2-5-17-7-8(3-4-11(17)18)16-13(19)10-6-9(14)12(15)20-10/h3-4,6-7H,2,5H2,1H3,(H,16,19). The molecule has 2 aromatic heterocycles. The van der Waals surface area contributed by atoms with Gasteiger partial charge >= 0.3 is 0 Å². The van der Waals surface area contributed by atoms with Gasteiger partial charge in [-0.1, -0.05) is 6.92 Å². The van der Waals surface area contributed by atoms with Gasteiger partial charge in [-0.15, -0.1) is 11.3 Å². The van der Waals surface area contributed by atoms with Crippen molar-refractivity contribution in [2.24, 2.45) is 0 Å². The van der Waals surface area contributed by atoms with Crippen molar-refractivity contribution in [3.05, 3.63) is 47.9 Å². The zero-order valence-electron chi connectivity index (χ0n) is 10.7. The molecule has 0 saturated carbocycles. The summed E-state index contributed by atoms with van der Waals surface area (Å²) in [7, 11) is 0. The van der Waals surface area contributed by atoms with Crippen molar-refractivity contribution >= 4 is 54.8 Å². The van der Waals surface area contributed by atoms with Gasteiger partial charge in [-0.3, -0.25) is 9.59 Å². The van der Waals surface area contributed by atoms with Gasteiger partial charge in [0.1, 0.15) is 0 Å². The van der Waals surface area contributed by atoms with E-state index in [9.17, 15) is 9.59 Å². The Balaban J connectivity index is 2.19. The van der Waals surface area contributed by atoms with E-state index >= 15 is 0 Å². The third kappa shape index (κ3) is 3.59. The number of aryl methyl sites for hydroxylation is 1. The highest BCUT2D eigenvalue weighted by molar-refractivity contribution is 9.13. The van der Waals surface area contributed by atoms with Crippen molar-refractivity contribution in [1.82, 2.24) is 4.57 Å². The molecule has 0 fully saturated rings. The zero-order valence-corrected chi connectivity index (χ0v) is 14.6. The molecule has 0 spiro atoms. The van der Waals surface area contributed by atoms with E-state index in [0.29, 0.717) is 17.1 Å². The highest BCUT2D eigenvalue weighted by Gasteiger charge is 2.12. The number of rotatable bonds is 4. The van der Waals surface area contributed by atoms with Gasteiger partial charge in [0, 0.05) is 23.3 Å². The second-order valence-corrected chi connectivity index (χ2v) is 7.36. The minimum atomic E-state index is -0.192. The number of halogens is 2. The first kappa shape index (κ1) is 15.5. The Bertz CT molecular complexity index is 674. The van der Waals surface area contributed by atoms with Crippen LogP contribution in [0, 0.1) is 0 Å². The summed E-state index contributed by atoms with van der Waals surface area (Å²) in [6.07, 6.45) is 2.53. The molecule has 4 nitrogen and oxygen atoms in total. The molecule has 0 aromatic carbocycles. The Morgan fingerprint density at radius 1 is 1.40 bits per heavy atom. The topological polar surface area (TPSA) is 51.1 Å². The molecule has 0 aliphatic rings. The molecule has 0 aliphatic heterocycles. The number of anilines is 1. The SMILES string of the molecule is CCCn1cc(NC(=O)c2cc(Br)c(Br)s2)ccc1=O. The lowest BCUT2D eigenvalue weighted by Gasteiger charge is -2.07. The number of aromatic nitrogens is 1. The minimum absolute atomic E-state index is 0.0635. The van der Waals surface area contributed by atoms with Crippen LogP contribution >= 0.6 is 43.2 Å². The maximum absolute atomic E-state index is 12.1. The summed E-state index contributed by atoms with van der Waals surface area (Å²) >= 11 is 8.06. The smallest absolute Gasteiger partial charge is 0.265 e. The van der Waals surface area contributed by atoms with Crippen LogP contribution in [-0.2, 0) is 6.54 Å². The molecule has 106 valence electrons. The van der Waals surface area contributed by atoms with E-state index in [1.165, 1.54) is 17.4 Å². The summed E-state index contributed by atoms with van der Waals surface area (Å²) in [5.41, 5.74) is 0.551. The fraction of sp³-hybridized carbons (Fsp3) is 0.231. The molecule has 2 aromatic rings. The largest absolute Gasteiger partial charge is 0.320 e. The molecule has 0 saturated heterocycles. The number of hydrogen-bond acceptors (Lipinski definition) is 3. The zero-order chi connectivity index (χ0) is 14.7. The van der Waals surface area contributed by atoms with Gasteiger partial charge in [-0.05, 0) is 50.4 Å². The molecule has 2 heterocycles. The van der Waals surface area contributed by atoms with E-state index in [0.717, 1.165) is 14.7 Å². The predicted molar refractivity (Wildman–Crippen MR) is 88.7 cm³/mol. The molecular formula is C13H12Br2N2O2S. The van der Waals surface area contributed by atoms with Crippen LogP contribution < -0.4 is 10.9 Å². The molecule has 2 rings (SSSR count). The molecule has 0 atom stereocenters. The lowest BCUT2D eigenvalue weighted by Crippen LogP contribution is -2.20. The highest BCUT2D eigenvalue weighted by Crippen LogP contribution is 2.32. The molecule has 7 heteroatoms. The number of hydrogen-bond donors (Lipinski definition) is 1. The maximum atomic E-state index is 12.1. The first-order valence-electron chi connectivity index (χ1n) is 5.98. The quantitative estimate of drug-likeness (QED) is 0.810. The fourth-order valence-electron chi connectivity index (χ4n) is 1.67. The Kier molecular flexibility index (Phi) is 5.17. The van der Waals surface area contributed by atoms with E-state index < -0.39 is 0 Å². The number of thiophene rings is 1. The lowest BCUT2D eigenvalue weighted by atomic mass is 10.3. The molecule has 20 heavy (non-hydrogen) atoms. The summed E-state index contributed by atoms with van der Waals surface area (Å²) in [6, 6.07) is 4.84. The van der Waals surface area contributed by atoms with E-state index in [4.69, 9.17) is 0 Å². The summed E-state index contributed by atoms with van der Waals surface area (Å²) in [5.74, 6) is -0.192.